The summed E-state index contributed by atoms with van der Waals surface area (Å²) in [5.41, 5.74) is 1.67. The average molecular weight is 371 g/mol. The molecule has 1 aromatic heterocycles. The normalized spacial score (nSPS) is 21.6. The van der Waals surface area contributed by atoms with Crippen LogP contribution in [0.25, 0.3) is 0 Å². The van der Waals surface area contributed by atoms with Gasteiger partial charge in [0.15, 0.2) is 0 Å². The third-order valence-corrected chi connectivity index (χ3v) is 5.32. The van der Waals surface area contributed by atoms with Crippen LogP contribution in [0.3, 0.4) is 0 Å². The number of H-pyrrole nitrogens is 1. The minimum Gasteiger partial charge on any atom is -0.353 e. The number of nitrogens with one attached hydrogen (secondary N) is 1. The zero-order valence-electron chi connectivity index (χ0n) is 16.3. The second kappa shape index (κ2) is 8.57. The smallest absolute Gasteiger partial charge is 0.228 e. The first-order valence-corrected chi connectivity index (χ1v) is 9.82. The highest BCUT2D eigenvalue weighted by molar-refractivity contribution is 5.89. The van der Waals surface area contributed by atoms with Crippen LogP contribution in [0.1, 0.15) is 37.9 Å². The van der Waals surface area contributed by atoms with Gasteiger partial charge in [-0.1, -0.05) is 13.8 Å². The van der Waals surface area contributed by atoms with Crippen molar-refractivity contribution in [1.82, 2.24) is 19.7 Å². The number of aromatic amines is 1. The van der Waals surface area contributed by atoms with Gasteiger partial charge in [-0.3, -0.25) is 14.5 Å². The summed E-state index contributed by atoms with van der Waals surface area (Å²) in [6, 6.07) is 3.99. The van der Waals surface area contributed by atoms with Crippen LogP contribution in [0.15, 0.2) is 12.3 Å². The molecule has 0 radical (unpaired) electrons. The molecule has 0 aliphatic carbocycles. The lowest BCUT2D eigenvalue weighted by Crippen LogP contribution is -2.40. The van der Waals surface area contributed by atoms with Crippen molar-refractivity contribution in [3.05, 3.63) is 23.5 Å². The van der Waals surface area contributed by atoms with Crippen molar-refractivity contribution in [2.24, 2.45) is 11.8 Å². The summed E-state index contributed by atoms with van der Waals surface area (Å²) in [7, 11) is 0. The highest BCUT2D eigenvalue weighted by Gasteiger charge is 2.36. The van der Waals surface area contributed by atoms with E-state index in [0.29, 0.717) is 31.1 Å². The number of rotatable bonds is 5. The van der Waals surface area contributed by atoms with Crippen LogP contribution in [0.2, 0.25) is 0 Å². The Balaban J connectivity index is 1.52. The van der Waals surface area contributed by atoms with Crippen LogP contribution in [0, 0.1) is 23.2 Å². The molecule has 0 bridgehead atoms. The lowest BCUT2D eigenvalue weighted by Gasteiger charge is -2.25. The highest BCUT2D eigenvalue weighted by Crippen LogP contribution is 2.22. The summed E-state index contributed by atoms with van der Waals surface area (Å²) in [4.78, 5) is 34.2. The quantitative estimate of drug-likeness (QED) is 0.849. The van der Waals surface area contributed by atoms with Gasteiger partial charge in [-0.2, -0.15) is 5.26 Å². The Labute approximate surface area is 160 Å². The van der Waals surface area contributed by atoms with E-state index >= 15 is 0 Å². The molecule has 3 rings (SSSR count). The molecular formula is C20H29N5O2. The molecule has 146 valence electrons. The van der Waals surface area contributed by atoms with E-state index in [4.69, 9.17) is 5.26 Å². The molecule has 7 heteroatoms. The molecule has 0 saturated carbocycles. The van der Waals surface area contributed by atoms with Crippen LogP contribution in [0.5, 0.6) is 0 Å². The molecule has 27 heavy (non-hydrogen) atoms. The number of aromatic nitrogens is 1. The van der Waals surface area contributed by atoms with E-state index in [9.17, 15) is 9.59 Å². The molecule has 1 N–H and O–H groups in total. The number of amides is 2. The zero-order valence-corrected chi connectivity index (χ0v) is 16.3. The zero-order chi connectivity index (χ0) is 19.4. The van der Waals surface area contributed by atoms with Crippen LogP contribution in [-0.4, -0.2) is 70.8 Å². The number of nitrogens with zero attached hydrogens (tertiary/aromatic N) is 4. The summed E-state index contributed by atoms with van der Waals surface area (Å²) >= 11 is 0. The van der Waals surface area contributed by atoms with Crippen molar-refractivity contribution in [2.45, 2.75) is 33.2 Å². The van der Waals surface area contributed by atoms with Crippen LogP contribution < -0.4 is 0 Å². The SMILES string of the molecule is CC(C)CN1CC(C(=O)N2CCCN(Cc3c[nH]c(C#N)c3)CC2)CC1=O. The summed E-state index contributed by atoms with van der Waals surface area (Å²) in [5, 5.41) is 8.92. The first kappa shape index (κ1) is 19.4. The Morgan fingerprint density at radius 2 is 2.15 bits per heavy atom. The molecular weight excluding hydrogens is 342 g/mol. The fourth-order valence-corrected chi connectivity index (χ4v) is 4.02. The monoisotopic (exact) mass is 371 g/mol. The van der Waals surface area contributed by atoms with Crippen LogP contribution >= 0.6 is 0 Å². The predicted molar refractivity (Wildman–Crippen MR) is 102 cm³/mol. The molecule has 3 heterocycles. The largest absolute Gasteiger partial charge is 0.353 e. The number of carbonyl (C=O) groups excluding carboxylic acids is 2. The first-order valence-electron chi connectivity index (χ1n) is 9.82. The van der Waals surface area contributed by atoms with Crippen molar-refractivity contribution in [3.63, 3.8) is 0 Å². The van der Waals surface area contributed by atoms with Crippen LogP contribution in [-0.2, 0) is 16.1 Å². The summed E-state index contributed by atoms with van der Waals surface area (Å²) in [6.45, 7) is 9.46. The van der Waals surface area contributed by atoms with Gasteiger partial charge in [-0.25, -0.2) is 0 Å². The van der Waals surface area contributed by atoms with Crippen LogP contribution in [0.4, 0.5) is 0 Å². The van der Waals surface area contributed by atoms with Gasteiger partial charge in [0.1, 0.15) is 11.8 Å². The van der Waals surface area contributed by atoms with Gasteiger partial charge in [0.05, 0.1) is 5.92 Å². The van der Waals surface area contributed by atoms with E-state index in [-0.39, 0.29) is 17.7 Å². The molecule has 0 spiro atoms. The van der Waals surface area contributed by atoms with E-state index in [0.717, 1.165) is 44.7 Å². The van der Waals surface area contributed by atoms with Gasteiger partial charge in [0.25, 0.3) is 0 Å². The minimum absolute atomic E-state index is 0.110. The van der Waals surface area contributed by atoms with Gasteiger partial charge in [0.2, 0.25) is 11.8 Å². The number of hydrogen-bond acceptors (Lipinski definition) is 4. The fraction of sp³-hybridized carbons (Fsp3) is 0.650. The third-order valence-electron chi connectivity index (χ3n) is 5.32. The predicted octanol–water partition coefficient (Wildman–Crippen LogP) is 1.43. The maximum absolute atomic E-state index is 12.9. The van der Waals surface area contributed by atoms with Gasteiger partial charge in [0, 0.05) is 58.4 Å². The molecule has 2 saturated heterocycles. The summed E-state index contributed by atoms with van der Waals surface area (Å²) < 4.78 is 0. The second-order valence-electron chi connectivity index (χ2n) is 8.08. The minimum atomic E-state index is -0.189. The Bertz CT molecular complexity index is 720. The number of hydrogen-bond donors (Lipinski definition) is 1. The molecule has 2 aliphatic heterocycles. The Morgan fingerprint density at radius 1 is 1.33 bits per heavy atom. The molecule has 1 atom stereocenters. The first-order chi connectivity index (χ1) is 13.0. The van der Waals surface area contributed by atoms with Crippen molar-refractivity contribution in [2.75, 3.05) is 39.3 Å². The van der Waals surface area contributed by atoms with Gasteiger partial charge in [-0.05, 0) is 24.0 Å². The van der Waals surface area contributed by atoms with Crippen molar-refractivity contribution < 1.29 is 9.59 Å². The summed E-state index contributed by atoms with van der Waals surface area (Å²) in [6.07, 6.45) is 3.16. The highest BCUT2D eigenvalue weighted by atomic mass is 16.2. The lowest BCUT2D eigenvalue weighted by molar-refractivity contribution is -0.135. The maximum Gasteiger partial charge on any atom is 0.228 e. The topological polar surface area (TPSA) is 83.4 Å². The molecule has 7 nitrogen and oxygen atoms in total. The van der Waals surface area contributed by atoms with Gasteiger partial charge < -0.3 is 14.8 Å². The lowest BCUT2D eigenvalue weighted by atomic mass is 10.1. The number of likely N-dealkylation sites (tertiary alicyclic amines) is 1. The average Bonchev–Trinajstić information content (AvgIpc) is 3.15. The number of carbonyl (C=O) groups is 2. The number of nitriles is 1. The molecule has 2 fully saturated rings. The van der Waals surface area contributed by atoms with Crippen molar-refractivity contribution in [1.29, 1.82) is 5.26 Å². The Hall–Kier alpha value is -2.33. The van der Waals surface area contributed by atoms with Crippen molar-refractivity contribution >= 4 is 11.8 Å². The van der Waals surface area contributed by atoms with E-state index in [1.54, 1.807) is 0 Å². The van der Waals surface area contributed by atoms with E-state index in [1.165, 1.54) is 0 Å². The summed E-state index contributed by atoms with van der Waals surface area (Å²) in [5.74, 6) is 0.472. The third kappa shape index (κ3) is 4.89. The Morgan fingerprint density at radius 3 is 2.85 bits per heavy atom. The molecule has 2 aliphatic rings. The second-order valence-corrected chi connectivity index (χ2v) is 8.08. The molecule has 1 unspecified atom stereocenters. The van der Waals surface area contributed by atoms with E-state index < -0.39 is 0 Å². The molecule has 2 amide bonds. The van der Waals surface area contributed by atoms with Gasteiger partial charge in [-0.15, -0.1) is 0 Å². The molecule has 0 aromatic carbocycles. The van der Waals surface area contributed by atoms with E-state index in [2.05, 4.69) is 29.8 Å². The maximum atomic E-state index is 12.9. The van der Waals surface area contributed by atoms with Crippen molar-refractivity contribution in [3.8, 4) is 6.07 Å². The Kier molecular flexibility index (Phi) is 6.17. The van der Waals surface area contributed by atoms with E-state index in [1.807, 2.05) is 22.1 Å². The molecule has 1 aromatic rings. The van der Waals surface area contributed by atoms with Gasteiger partial charge >= 0.3 is 0 Å². The standard InChI is InChI=1S/C20H29N5O2/c1-15(2)12-25-14-17(9-19(25)26)20(27)24-5-3-4-23(6-7-24)13-16-8-18(10-21)22-11-16/h8,11,15,17,22H,3-7,9,12-14H2,1-2H3. The fourth-order valence-electron chi connectivity index (χ4n) is 4.02.